The van der Waals surface area contributed by atoms with Gasteiger partial charge in [-0.3, -0.25) is 9.59 Å². The molecule has 2 aromatic carbocycles. The first kappa shape index (κ1) is 31.4. The summed E-state index contributed by atoms with van der Waals surface area (Å²) in [4.78, 5) is 39.7. The van der Waals surface area contributed by atoms with Crippen LogP contribution >= 0.6 is 23.2 Å². The van der Waals surface area contributed by atoms with E-state index in [1.54, 1.807) is 64.1 Å². The number of esters is 1. The van der Waals surface area contributed by atoms with Gasteiger partial charge in [-0.25, -0.2) is 4.79 Å². The predicted octanol–water partition coefficient (Wildman–Crippen LogP) is 5.68. The van der Waals surface area contributed by atoms with E-state index in [-0.39, 0.29) is 32.3 Å². The van der Waals surface area contributed by atoms with Crippen molar-refractivity contribution in [3.05, 3.63) is 57.6 Å². The average molecular weight is 596 g/mol. The molecule has 11 heteroatoms. The molecule has 218 valence electrons. The number of benzene rings is 2. The lowest BCUT2D eigenvalue weighted by atomic mass is 9.92. The van der Waals surface area contributed by atoms with Crippen molar-refractivity contribution in [2.45, 2.75) is 52.7 Å². The maximum Gasteiger partial charge on any atom is 0.410 e. The molecule has 0 spiro atoms. The molecular weight excluding hydrogens is 559 g/mol. The first-order chi connectivity index (χ1) is 18.9. The van der Waals surface area contributed by atoms with Gasteiger partial charge in [0, 0.05) is 24.7 Å². The van der Waals surface area contributed by atoms with Gasteiger partial charge in [-0.05, 0) is 83.0 Å². The lowest BCUT2D eigenvalue weighted by Crippen LogP contribution is -2.55. The second kappa shape index (κ2) is 13.9. The highest BCUT2D eigenvalue weighted by molar-refractivity contribution is 6.37. The summed E-state index contributed by atoms with van der Waals surface area (Å²) >= 11 is 12.4. The van der Waals surface area contributed by atoms with Gasteiger partial charge in [0.05, 0.1) is 22.6 Å². The molecule has 3 rings (SSSR count). The molecule has 2 atom stereocenters. The van der Waals surface area contributed by atoms with Crippen molar-refractivity contribution < 1.29 is 33.3 Å². The van der Waals surface area contributed by atoms with E-state index >= 15 is 0 Å². The zero-order valence-electron chi connectivity index (χ0n) is 23.4. The number of nitrogens with one attached hydrogen (secondary N) is 1. The van der Waals surface area contributed by atoms with Crippen molar-refractivity contribution in [3.63, 3.8) is 0 Å². The highest BCUT2D eigenvalue weighted by Gasteiger charge is 2.39. The van der Waals surface area contributed by atoms with Gasteiger partial charge in [0.25, 0.3) is 5.91 Å². The molecule has 1 saturated heterocycles. The van der Waals surface area contributed by atoms with Crippen LogP contribution in [0.5, 0.6) is 11.5 Å². The fourth-order valence-electron chi connectivity index (χ4n) is 4.19. The van der Waals surface area contributed by atoms with Gasteiger partial charge >= 0.3 is 12.1 Å². The number of carbonyl (C=O) groups excluding carboxylic acids is 3. The van der Waals surface area contributed by atoms with Crippen LogP contribution in [0.15, 0.2) is 36.4 Å². The highest BCUT2D eigenvalue weighted by atomic mass is 35.5. The normalized spacial score (nSPS) is 17.1. The quantitative estimate of drug-likeness (QED) is 0.294. The molecule has 0 bridgehead atoms. The lowest BCUT2D eigenvalue weighted by molar-refractivity contribution is -0.150. The molecule has 2 amide bonds. The molecule has 1 aliphatic rings. The largest absolute Gasteiger partial charge is 0.490 e. The van der Waals surface area contributed by atoms with E-state index in [0.29, 0.717) is 40.1 Å². The Hall–Kier alpha value is -3.17. The molecule has 2 unspecified atom stereocenters. The smallest absolute Gasteiger partial charge is 0.410 e. The molecule has 9 nitrogen and oxygen atoms in total. The Bertz CT molecular complexity index is 1170. The Morgan fingerprint density at radius 1 is 1.02 bits per heavy atom. The van der Waals surface area contributed by atoms with Crippen LogP contribution in [0, 0.1) is 12.8 Å². The fraction of sp³-hybridized carbons (Fsp3) is 0.483. The molecule has 1 N–H and O–H groups in total. The van der Waals surface area contributed by atoms with E-state index in [9.17, 15) is 14.4 Å². The Morgan fingerprint density at radius 2 is 1.65 bits per heavy atom. The van der Waals surface area contributed by atoms with E-state index in [0.717, 1.165) is 5.56 Å². The first-order valence-corrected chi connectivity index (χ1v) is 13.9. The number of halogens is 2. The summed E-state index contributed by atoms with van der Waals surface area (Å²) in [6.45, 7) is 10.0. The Morgan fingerprint density at radius 3 is 2.25 bits per heavy atom. The summed E-state index contributed by atoms with van der Waals surface area (Å²) in [7, 11) is 0. The van der Waals surface area contributed by atoms with Crippen molar-refractivity contribution in [3.8, 4) is 11.5 Å². The molecule has 2 aromatic rings. The predicted molar refractivity (Wildman–Crippen MR) is 152 cm³/mol. The van der Waals surface area contributed by atoms with Gasteiger partial charge in [-0.15, -0.1) is 0 Å². The van der Waals surface area contributed by atoms with Crippen LogP contribution in [0.2, 0.25) is 10.0 Å². The van der Waals surface area contributed by atoms with Crippen LogP contribution in [0.1, 0.15) is 50.0 Å². The van der Waals surface area contributed by atoms with Crippen LogP contribution in [0.3, 0.4) is 0 Å². The molecule has 0 aromatic heterocycles. The van der Waals surface area contributed by atoms with Crippen molar-refractivity contribution in [1.82, 2.24) is 10.2 Å². The lowest BCUT2D eigenvalue weighted by Gasteiger charge is -2.38. The number of hydrogen-bond acceptors (Lipinski definition) is 7. The van der Waals surface area contributed by atoms with Gasteiger partial charge < -0.3 is 29.2 Å². The van der Waals surface area contributed by atoms with Crippen molar-refractivity contribution in [1.29, 1.82) is 0 Å². The monoisotopic (exact) mass is 594 g/mol. The van der Waals surface area contributed by atoms with Gasteiger partial charge in [0.1, 0.15) is 24.6 Å². The minimum atomic E-state index is -0.719. The van der Waals surface area contributed by atoms with Crippen molar-refractivity contribution in [2.24, 2.45) is 5.92 Å². The minimum Gasteiger partial charge on any atom is -0.490 e. The maximum atomic E-state index is 13.0. The van der Waals surface area contributed by atoms with Gasteiger partial charge in [0.2, 0.25) is 0 Å². The van der Waals surface area contributed by atoms with Crippen molar-refractivity contribution in [2.75, 3.05) is 32.9 Å². The van der Waals surface area contributed by atoms with Gasteiger partial charge in [-0.1, -0.05) is 23.2 Å². The summed E-state index contributed by atoms with van der Waals surface area (Å²) in [5.41, 5.74) is 0.678. The van der Waals surface area contributed by atoms with Crippen LogP contribution < -0.4 is 14.8 Å². The number of nitrogens with zero attached hydrogens (tertiary/aromatic N) is 1. The summed E-state index contributed by atoms with van der Waals surface area (Å²) in [5, 5.41) is 3.80. The zero-order valence-corrected chi connectivity index (χ0v) is 24.9. The standard InChI is InChI=1S/C29H36Cl2N2O7/c1-6-37-27(35)21-17-33(28(36)40-29(3,4)5)12-11-24(21)32-26(34)19-7-9-20(10-8-19)38-13-14-39-25-22(30)15-18(2)16-23(25)31/h7-10,15-16,21,24H,6,11-14,17H2,1-5H3,(H,32,34). The molecule has 1 heterocycles. The number of hydrogen-bond donors (Lipinski definition) is 1. The summed E-state index contributed by atoms with van der Waals surface area (Å²) in [5.74, 6) is -0.578. The summed E-state index contributed by atoms with van der Waals surface area (Å²) in [6, 6.07) is 9.66. The number of rotatable bonds is 9. The Kier molecular flexibility index (Phi) is 10.9. The van der Waals surface area contributed by atoms with E-state index < -0.39 is 29.6 Å². The highest BCUT2D eigenvalue weighted by Crippen LogP contribution is 2.34. The topological polar surface area (TPSA) is 103 Å². The fourth-order valence-corrected chi connectivity index (χ4v) is 4.89. The Labute approximate surface area is 245 Å². The number of piperidine rings is 1. The zero-order chi connectivity index (χ0) is 29.4. The number of amides is 2. The molecule has 0 aliphatic carbocycles. The maximum absolute atomic E-state index is 13.0. The molecular formula is C29H36Cl2N2O7. The molecule has 40 heavy (non-hydrogen) atoms. The van der Waals surface area contributed by atoms with Gasteiger partial charge in [-0.2, -0.15) is 0 Å². The van der Waals surface area contributed by atoms with Crippen LogP contribution in [-0.4, -0.2) is 67.4 Å². The molecule has 0 saturated carbocycles. The summed E-state index contributed by atoms with van der Waals surface area (Å²) < 4.78 is 22.0. The third-order valence-corrected chi connectivity index (χ3v) is 6.59. The molecule has 1 fully saturated rings. The third-order valence-electron chi connectivity index (χ3n) is 6.03. The van der Waals surface area contributed by atoms with E-state index in [4.69, 9.17) is 42.1 Å². The number of ether oxygens (including phenoxy) is 4. The van der Waals surface area contributed by atoms with Crippen LogP contribution in [-0.2, 0) is 14.3 Å². The van der Waals surface area contributed by atoms with Gasteiger partial charge in [0.15, 0.2) is 5.75 Å². The van der Waals surface area contributed by atoms with Crippen LogP contribution in [0.25, 0.3) is 0 Å². The van der Waals surface area contributed by atoms with Crippen molar-refractivity contribution >= 4 is 41.2 Å². The second-order valence-electron chi connectivity index (χ2n) is 10.4. The first-order valence-electron chi connectivity index (χ1n) is 13.1. The second-order valence-corrected chi connectivity index (χ2v) is 11.2. The Balaban J connectivity index is 1.55. The molecule has 1 aliphatic heterocycles. The molecule has 0 radical (unpaired) electrons. The number of carbonyl (C=O) groups is 3. The summed E-state index contributed by atoms with van der Waals surface area (Å²) in [6.07, 6.45) is -0.123. The average Bonchev–Trinajstić information content (AvgIpc) is 2.87. The number of aryl methyl sites for hydroxylation is 1. The van der Waals surface area contributed by atoms with Crippen LogP contribution in [0.4, 0.5) is 4.79 Å². The minimum absolute atomic E-state index is 0.0898. The third kappa shape index (κ3) is 8.93. The van der Waals surface area contributed by atoms with E-state index in [1.807, 2.05) is 6.92 Å². The SMILES string of the molecule is CCOC(=O)C1CN(C(=O)OC(C)(C)C)CCC1NC(=O)c1ccc(OCCOc2c(Cl)cc(C)cc2Cl)cc1. The van der Waals surface area contributed by atoms with E-state index in [1.165, 1.54) is 4.90 Å². The number of likely N-dealkylation sites (tertiary alicyclic amines) is 1. The van der Waals surface area contributed by atoms with E-state index in [2.05, 4.69) is 5.32 Å².